The van der Waals surface area contributed by atoms with Gasteiger partial charge in [-0.2, -0.15) is 0 Å². The molecule has 0 spiro atoms. The van der Waals surface area contributed by atoms with Crippen molar-refractivity contribution in [2.24, 2.45) is 0 Å². The molecule has 0 radical (unpaired) electrons. The van der Waals surface area contributed by atoms with Crippen molar-refractivity contribution in [2.45, 2.75) is 24.2 Å². The molecule has 24 heavy (non-hydrogen) atoms. The third-order valence-electron chi connectivity index (χ3n) is 3.42. The summed E-state index contributed by atoms with van der Waals surface area (Å²) in [5.41, 5.74) is 0.454. The summed E-state index contributed by atoms with van der Waals surface area (Å²) >= 11 is 6.45. The number of carbonyl (C=O) groups excluding carboxylic acids is 2. The number of thioether (sulfide) groups is 1. The molecule has 0 atom stereocenters. The number of sulfone groups is 1. The van der Waals surface area contributed by atoms with E-state index in [0.717, 1.165) is 6.26 Å². The van der Waals surface area contributed by atoms with Gasteiger partial charge in [0.2, 0.25) is 11.8 Å². The van der Waals surface area contributed by atoms with Crippen molar-refractivity contribution >= 4 is 55.6 Å². The summed E-state index contributed by atoms with van der Waals surface area (Å²) in [4.78, 5) is 25.2. The van der Waals surface area contributed by atoms with E-state index in [-0.39, 0.29) is 16.7 Å². The van der Waals surface area contributed by atoms with Crippen LogP contribution in [0.1, 0.15) is 19.3 Å². The molecule has 9 heteroatoms. The van der Waals surface area contributed by atoms with Crippen LogP contribution in [0.2, 0.25) is 0 Å². The maximum Gasteiger partial charge on any atom is 0.238 e. The Kier molecular flexibility index (Phi) is 6.36. The first-order valence-corrected chi connectivity index (χ1v) is 10.6. The van der Waals surface area contributed by atoms with E-state index in [9.17, 15) is 18.0 Å². The highest BCUT2D eigenvalue weighted by Crippen LogP contribution is 2.20. The highest BCUT2D eigenvalue weighted by atomic mass is 32.2. The van der Waals surface area contributed by atoms with Crippen LogP contribution in [0.5, 0.6) is 0 Å². The molecule has 2 rings (SSSR count). The van der Waals surface area contributed by atoms with Gasteiger partial charge in [-0.25, -0.2) is 8.42 Å². The monoisotopic (exact) mass is 386 g/mol. The molecule has 0 aliphatic carbocycles. The zero-order valence-corrected chi connectivity index (χ0v) is 15.6. The zero-order chi connectivity index (χ0) is 17.7. The molecule has 0 bridgehead atoms. The number of nitrogens with zero attached hydrogens (tertiary/aromatic N) is 1. The van der Waals surface area contributed by atoms with Crippen LogP contribution in [-0.4, -0.2) is 48.0 Å². The second kappa shape index (κ2) is 8.09. The van der Waals surface area contributed by atoms with E-state index < -0.39 is 9.84 Å². The number of benzene rings is 1. The van der Waals surface area contributed by atoms with Crippen molar-refractivity contribution in [3.63, 3.8) is 0 Å². The number of thiocarbonyl (C=S) groups is 1. The molecule has 1 N–H and O–H groups in total. The van der Waals surface area contributed by atoms with E-state index >= 15 is 0 Å². The number of carbonyl (C=O) groups is 2. The number of hydrogen-bond donors (Lipinski definition) is 1. The third-order valence-corrected chi connectivity index (χ3v) is 5.96. The van der Waals surface area contributed by atoms with Gasteiger partial charge in [0, 0.05) is 24.9 Å². The van der Waals surface area contributed by atoms with Gasteiger partial charge in [-0.1, -0.05) is 30.0 Å². The van der Waals surface area contributed by atoms with Crippen molar-refractivity contribution in [3.05, 3.63) is 24.3 Å². The Morgan fingerprint density at radius 3 is 2.75 bits per heavy atom. The van der Waals surface area contributed by atoms with Crippen molar-refractivity contribution < 1.29 is 18.0 Å². The number of anilines is 1. The Morgan fingerprint density at radius 2 is 2.12 bits per heavy atom. The van der Waals surface area contributed by atoms with Crippen molar-refractivity contribution in [3.8, 4) is 0 Å². The maximum atomic E-state index is 11.9. The first-order valence-electron chi connectivity index (χ1n) is 7.34. The fourth-order valence-corrected chi connectivity index (χ4v) is 3.97. The number of unbranched alkanes of at least 4 members (excludes halogenated alkanes) is 1. The van der Waals surface area contributed by atoms with Crippen molar-refractivity contribution in [1.82, 2.24) is 4.90 Å². The summed E-state index contributed by atoms with van der Waals surface area (Å²) in [5.74, 6) is 0.230. The topological polar surface area (TPSA) is 83.6 Å². The molecule has 0 unspecified atom stereocenters. The van der Waals surface area contributed by atoms with Gasteiger partial charge in [0.15, 0.2) is 9.84 Å². The van der Waals surface area contributed by atoms with Crippen LogP contribution < -0.4 is 5.32 Å². The SMILES string of the molecule is CS(=O)(=O)c1cccc(NC(=O)CCCCN2C(=O)CSC2=S)c1. The molecular formula is C15H18N2O4S3. The Morgan fingerprint density at radius 1 is 1.38 bits per heavy atom. The van der Waals surface area contributed by atoms with Gasteiger partial charge in [-0.15, -0.1) is 0 Å². The van der Waals surface area contributed by atoms with E-state index in [1.165, 1.54) is 23.9 Å². The van der Waals surface area contributed by atoms with E-state index in [2.05, 4.69) is 5.32 Å². The summed E-state index contributed by atoms with van der Waals surface area (Å²) in [6.07, 6.45) is 2.72. The number of hydrogen-bond acceptors (Lipinski definition) is 6. The molecule has 2 amide bonds. The average molecular weight is 387 g/mol. The van der Waals surface area contributed by atoms with Crippen LogP contribution in [0.4, 0.5) is 5.69 Å². The molecule has 0 saturated carbocycles. The summed E-state index contributed by atoms with van der Waals surface area (Å²) in [5, 5.41) is 2.69. The summed E-state index contributed by atoms with van der Waals surface area (Å²) in [6, 6.07) is 6.15. The smallest absolute Gasteiger partial charge is 0.238 e. The van der Waals surface area contributed by atoms with Crippen LogP contribution in [0.15, 0.2) is 29.2 Å². The van der Waals surface area contributed by atoms with Crippen molar-refractivity contribution in [2.75, 3.05) is 23.9 Å². The second-order valence-corrected chi connectivity index (χ2v) is 9.03. The fraction of sp³-hybridized carbons (Fsp3) is 0.400. The summed E-state index contributed by atoms with van der Waals surface area (Å²) < 4.78 is 23.6. The lowest BCUT2D eigenvalue weighted by Gasteiger charge is -2.14. The molecule has 130 valence electrons. The summed E-state index contributed by atoms with van der Waals surface area (Å²) in [7, 11) is -3.30. The van der Waals surface area contributed by atoms with Crippen LogP contribution >= 0.6 is 24.0 Å². The molecular weight excluding hydrogens is 368 g/mol. The quantitative estimate of drug-likeness (QED) is 0.570. The third kappa shape index (κ3) is 5.29. The Labute approximate surface area is 150 Å². The Hall–Kier alpha value is -1.45. The molecule has 1 saturated heterocycles. The second-order valence-electron chi connectivity index (χ2n) is 5.41. The molecule has 1 aromatic carbocycles. The molecule has 1 aliphatic rings. The molecule has 0 aromatic heterocycles. The Bertz CT molecular complexity index is 746. The first kappa shape index (κ1) is 18.9. The normalized spacial score (nSPS) is 15.0. The molecule has 1 aliphatic heterocycles. The van der Waals surface area contributed by atoms with Crippen LogP contribution in [0.25, 0.3) is 0 Å². The number of rotatable bonds is 7. The van der Waals surface area contributed by atoms with Gasteiger partial charge in [0.05, 0.1) is 10.6 Å². The molecule has 6 nitrogen and oxygen atoms in total. The van der Waals surface area contributed by atoms with Crippen molar-refractivity contribution in [1.29, 1.82) is 0 Å². The van der Waals surface area contributed by atoms with E-state index in [1.54, 1.807) is 17.0 Å². The average Bonchev–Trinajstić information content (AvgIpc) is 2.82. The van der Waals surface area contributed by atoms with Gasteiger partial charge in [-0.05, 0) is 31.0 Å². The first-order chi connectivity index (χ1) is 11.3. The lowest BCUT2D eigenvalue weighted by atomic mass is 10.2. The van der Waals surface area contributed by atoms with E-state index in [1.807, 2.05) is 0 Å². The predicted molar refractivity (Wildman–Crippen MR) is 98.8 cm³/mol. The highest BCUT2D eigenvalue weighted by Gasteiger charge is 2.25. The van der Waals surface area contributed by atoms with E-state index in [4.69, 9.17) is 12.2 Å². The lowest BCUT2D eigenvalue weighted by molar-refractivity contribution is -0.124. The molecule has 1 fully saturated rings. The van der Waals surface area contributed by atoms with Crippen LogP contribution in [0.3, 0.4) is 0 Å². The van der Waals surface area contributed by atoms with Gasteiger partial charge < -0.3 is 5.32 Å². The van der Waals surface area contributed by atoms with Crippen LogP contribution in [-0.2, 0) is 19.4 Å². The van der Waals surface area contributed by atoms with Gasteiger partial charge in [0.1, 0.15) is 4.32 Å². The van der Waals surface area contributed by atoms with E-state index in [0.29, 0.717) is 41.6 Å². The standard InChI is InChI=1S/C15H18N2O4S3/c1-24(20,21)12-6-4-5-11(9-12)16-13(18)7-2-3-8-17-14(19)10-23-15(17)22/h4-6,9H,2-3,7-8,10H2,1H3,(H,16,18). The minimum atomic E-state index is -3.30. The fourth-order valence-electron chi connectivity index (χ4n) is 2.18. The maximum absolute atomic E-state index is 11.9. The van der Waals surface area contributed by atoms with Gasteiger partial charge >= 0.3 is 0 Å². The molecule has 1 aromatic rings. The lowest BCUT2D eigenvalue weighted by Crippen LogP contribution is -2.29. The largest absolute Gasteiger partial charge is 0.326 e. The van der Waals surface area contributed by atoms with Crippen LogP contribution in [0, 0.1) is 0 Å². The summed E-state index contributed by atoms with van der Waals surface area (Å²) in [6.45, 7) is 0.529. The van der Waals surface area contributed by atoms with Gasteiger partial charge in [-0.3, -0.25) is 14.5 Å². The zero-order valence-electron chi connectivity index (χ0n) is 13.1. The highest BCUT2D eigenvalue weighted by molar-refractivity contribution is 8.23. The number of nitrogens with one attached hydrogen (secondary N) is 1. The van der Waals surface area contributed by atoms with Gasteiger partial charge in [0.25, 0.3) is 0 Å². The number of amides is 2. The Balaban J connectivity index is 1.78. The predicted octanol–water partition coefficient (Wildman–Crippen LogP) is 2.06. The minimum Gasteiger partial charge on any atom is -0.326 e. The minimum absolute atomic E-state index is 0.0204. The molecule has 1 heterocycles.